The Morgan fingerprint density at radius 1 is 1.14 bits per heavy atom. The molecule has 0 amide bonds. The summed E-state index contributed by atoms with van der Waals surface area (Å²) in [5.74, 6) is 1.59. The van der Waals surface area contributed by atoms with Gasteiger partial charge in [0.25, 0.3) is 0 Å². The third-order valence-corrected chi connectivity index (χ3v) is 4.26. The summed E-state index contributed by atoms with van der Waals surface area (Å²) >= 11 is 3.62. The van der Waals surface area contributed by atoms with Crippen molar-refractivity contribution in [2.75, 3.05) is 26.9 Å². The quantitative estimate of drug-likeness (QED) is 0.500. The molecule has 0 bridgehead atoms. The van der Waals surface area contributed by atoms with Crippen molar-refractivity contribution in [3.8, 4) is 11.5 Å². The number of halogens is 1. The van der Waals surface area contributed by atoms with Crippen molar-refractivity contribution in [2.45, 2.75) is 36.8 Å². The van der Waals surface area contributed by atoms with E-state index in [4.69, 9.17) is 18.9 Å². The second kappa shape index (κ2) is 8.61. The highest BCUT2D eigenvalue weighted by Gasteiger charge is 2.42. The number of benzene rings is 1. The van der Waals surface area contributed by atoms with E-state index < -0.39 is 0 Å². The Morgan fingerprint density at radius 2 is 1.90 bits per heavy atom. The Morgan fingerprint density at radius 3 is 2.57 bits per heavy atom. The zero-order valence-electron chi connectivity index (χ0n) is 12.6. The summed E-state index contributed by atoms with van der Waals surface area (Å²) in [6.45, 7) is 3.96. The van der Waals surface area contributed by atoms with E-state index in [1.807, 2.05) is 24.3 Å². The van der Waals surface area contributed by atoms with Gasteiger partial charge in [-0.05, 0) is 18.6 Å². The molecule has 1 fully saturated rings. The number of methoxy groups -OCH3 is 1. The van der Waals surface area contributed by atoms with Gasteiger partial charge in [0.2, 0.25) is 0 Å². The summed E-state index contributed by atoms with van der Waals surface area (Å²) in [7, 11) is 1.67. The molecule has 118 valence electrons. The molecule has 1 aliphatic rings. The summed E-state index contributed by atoms with van der Waals surface area (Å²) in [5, 5.41) is 0. The lowest BCUT2D eigenvalue weighted by Gasteiger charge is -2.41. The molecule has 1 aliphatic carbocycles. The molecule has 5 heteroatoms. The van der Waals surface area contributed by atoms with Gasteiger partial charge in [-0.15, -0.1) is 0 Å². The van der Waals surface area contributed by atoms with Crippen LogP contribution in [0.25, 0.3) is 0 Å². The van der Waals surface area contributed by atoms with Crippen molar-refractivity contribution in [3.05, 3.63) is 24.3 Å². The number of rotatable bonds is 9. The van der Waals surface area contributed by atoms with Gasteiger partial charge in [0, 0.05) is 18.4 Å². The predicted octanol–water partition coefficient (Wildman–Crippen LogP) is 3.42. The second-order valence-corrected chi connectivity index (χ2v) is 6.21. The van der Waals surface area contributed by atoms with Crippen LogP contribution in [0.1, 0.15) is 19.8 Å². The van der Waals surface area contributed by atoms with E-state index in [-0.39, 0.29) is 12.2 Å². The molecule has 0 aromatic heterocycles. The lowest BCUT2D eigenvalue weighted by Crippen LogP contribution is -2.52. The Balaban J connectivity index is 1.91. The van der Waals surface area contributed by atoms with Gasteiger partial charge in [0.05, 0.1) is 19.8 Å². The van der Waals surface area contributed by atoms with Gasteiger partial charge >= 0.3 is 0 Å². The lowest BCUT2D eigenvalue weighted by molar-refractivity contribution is -0.0871. The number of hydrogen-bond acceptors (Lipinski definition) is 4. The van der Waals surface area contributed by atoms with E-state index in [9.17, 15) is 0 Å². The molecule has 21 heavy (non-hydrogen) atoms. The Bertz CT molecular complexity index is 426. The van der Waals surface area contributed by atoms with Crippen molar-refractivity contribution in [2.24, 2.45) is 0 Å². The lowest BCUT2D eigenvalue weighted by atomic mass is 9.91. The molecule has 3 atom stereocenters. The number of hydrogen-bond donors (Lipinski definition) is 0. The molecule has 0 heterocycles. The Hall–Kier alpha value is -0.780. The Labute approximate surface area is 134 Å². The summed E-state index contributed by atoms with van der Waals surface area (Å²) in [6.07, 6.45) is 2.01. The summed E-state index contributed by atoms with van der Waals surface area (Å²) in [4.78, 5) is 0.336. The predicted molar refractivity (Wildman–Crippen MR) is 85.6 cm³/mol. The average Bonchev–Trinajstić information content (AvgIpc) is 2.50. The van der Waals surface area contributed by atoms with Crippen molar-refractivity contribution < 1.29 is 18.9 Å². The van der Waals surface area contributed by atoms with Crippen LogP contribution in [-0.4, -0.2) is 44.0 Å². The first kappa shape index (κ1) is 16.6. The molecule has 1 aromatic carbocycles. The fourth-order valence-corrected chi connectivity index (χ4v) is 3.03. The van der Waals surface area contributed by atoms with Crippen LogP contribution in [0.15, 0.2) is 24.3 Å². The molecule has 1 aromatic rings. The van der Waals surface area contributed by atoms with Gasteiger partial charge in [-0.25, -0.2) is 0 Å². The summed E-state index contributed by atoms with van der Waals surface area (Å²) < 4.78 is 22.6. The maximum atomic E-state index is 6.07. The fraction of sp³-hybridized carbons (Fsp3) is 0.625. The molecule has 0 aliphatic heterocycles. The van der Waals surface area contributed by atoms with Crippen LogP contribution in [0, 0.1) is 0 Å². The minimum absolute atomic E-state index is 0.0533. The minimum atomic E-state index is 0.0533. The monoisotopic (exact) mass is 358 g/mol. The van der Waals surface area contributed by atoms with Gasteiger partial charge in [-0.1, -0.05) is 35.0 Å². The van der Waals surface area contributed by atoms with Crippen molar-refractivity contribution in [1.82, 2.24) is 0 Å². The average molecular weight is 359 g/mol. The molecule has 0 spiro atoms. The van der Waals surface area contributed by atoms with Crippen LogP contribution in [0.4, 0.5) is 0 Å². The second-order valence-electron chi connectivity index (χ2n) is 5.03. The number of para-hydroxylation sites is 2. The van der Waals surface area contributed by atoms with Crippen molar-refractivity contribution in [3.63, 3.8) is 0 Å². The van der Waals surface area contributed by atoms with E-state index in [0.29, 0.717) is 24.6 Å². The van der Waals surface area contributed by atoms with Gasteiger partial charge in [0.1, 0.15) is 12.2 Å². The first-order valence-corrected chi connectivity index (χ1v) is 8.31. The zero-order chi connectivity index (χ0) is 15.1. The third kappa shape index (κ3) is 4.59. The molecule has 0 radical (unpaired) electrons. The van der Waals surface area contributed by atoms with Crippen molar-refractivity contribution in [1.29, 1.82) is 0 Å². The highest BCUT2D eigenvalue weighted by atomic mass is 79.9. The molecule has 0 saturated heterocycles. The van der Waals surface area contributed by atoms with Gasteiger partial charge in [0.15, 0.2) is 11.5 Å². The SMILES string of the molecule is CCCOc1ccccc1OC1CC(Br)C1OCCOC. The maximum absolute atomic E-state index is 6.07. The zero-order valence-corrected chi connectivity index (χ0v) is 14.2. The minimum Gasteiger partial charge on any atom is -0.490 e. The highest BCUT2D eigenvalue weighted by molar-refractivity contribution is 9.09. The van der Waals surface area contributed by atoms with Crippen LogP contribution in [-0.2, 0) is 9.47 Å². The maximum Gasteiger partial charge on any atom is 0.161 e. The standard InChI is InChI=1S/C16H23BrO4/c1-3-8-19-13-6-4-5-7-14(13)21-15-11-12(17)16(15)20-10-9-18-2/h4-7,12,15-16H,3,8-11H2,1-2H3. The first-order valence-electron chi connectivity index (χ1n) is 7.39. The topological polar surface area (TPSA) is 36.9 Å². The van der Waals surface area contributed by atoms with Gasteiger partial charge in [-0.3, -0.25) is 0 Å². The van der Waals surface area contributed by atoms with Crippen LogP contribution in [0.3, 0.4) is 0 Å². The third-order valence-electron chi connectivity index (χ3n) is 3.37. The van der Waals surface area contributed by atoms with E-state index >= 15 is 0 Å². The van der Waals surface area contributed by atoms with Gasteiger partial charge < -0.3 is 18.9 Å². The molecule has 2 rings (SSSR count). The van der Waals surface area contributed by atoms with E-state index in [1.54, 1.807) is 7.11 Å². The van der Waals surface area contributed by atoms with Crippen molar-refractivity contribution >= 4 is 15.9 Å². The van der Waals surface area contributed by atoms with Crippen LogP contribution in [0.2, 0.25) is 0 Å². The van der Waals surface area contributed by atoms with E-state index in [2.05, 4.69) is 22.9 Å². The van der Waals surface area contributed by atoms with Crippen LogP contribution < -0.4 is 9.47 Å². The normalized spacial score (nSPS) is 24.4. The largest absolute Gasteiger partial charge is 0.490 e. The smallest absolute Gasteiger partial charge is 0.161 e. The number of alkyl halides is 1. The Kier molecular flexibility index (Phi) is 6.80. The van der Waals surface area contributed by atoms with E-state index in [0.717, 1.165) is 24.3 Å². The number of ether oxygens (including phenoxy) is 4. The molecular formula is C16H23BrO4. The highest BCUT2D eigenvalue weighted by Crippen LogP contribution is 2.37. The van der Waals surface area contributed by atoms with Crippen LogP contribution in [0.5, 0.6) is 11.5 Å². The molecule has 3 unspecified atom stereocenters. The first-order chi connectivity index (χ1) is 10.3. The molecular weight excluding hydrogens is 336 g/mol. The summed E-state index contributed by atoms with van der Waals surface area (Å²) in [5.41, 5.74) is 0. The molecule has 0 N–H and O–H groups in total. The fourth-order valence-electron chi connectivity index (χ4n) is 2.16. The van der Waals surface area contributed by atoms with Crippen LogP contribution >= 0.6 is 15.9 Å². The summed E-state index contributed by atoms with van der Waals surface area (Å²) in [6, 6.07) is 7.80. The molecule has 4 nitrogen and oxygen atoms in total. The van der Waals surface area contributed by atoms with E-state index in [1.165, 1.54) is 0 Å². The van der Waals surface area contributed by atoms with Gasteiger partial charge in [-0.2, -0.15) is 0 Å². The molecule has 1 saturated carbocycles.